The predicted molar refractivity (Wildman–Crippen MR) is 108 cm³/mol. The minimum Gasteiger partial charge on any atom is -0.201 e. The molecule has 2 aromatic rings. The van der Waals surface area contributed by atoms with Crippen molar-refractivity contribution in [1.82, 2.24) is 0 Å². The summed E-state index contributed by atoms with van der Waals surface area (Å²) in [4.78, 5) is 0. The van der Waals surface area contributed by atoms with Crippen LogP contribution in [0.4, 0.5) is 0 Å². The van der Waals surface area contributed by atoms with Crippen LogP contribution < -0.4 is 4.57 Å². The van der Waals surface area contributed by atoms with Gasteiger partial charge in [-0.25, -0.2) is 4.57 Å². The Morgan fingerprint density at radius 1 is 0.600 bits per heavy atom. The van der Waals surface area contributed by atoms with E-state index in [1.165, 1.54) is 81.8 Å². The zero-order chi connectivity index (χ0) is 17.6. The Kier molecular flexibility index (Phi) is 10.00. The fourth-order valence-corrected chi connectivity index (χ4v) is 3.37. The summed E-state index contributed by atoms with van der Waals surface area (Å²) in [5.74, 6) is 0. The molecule has 25 heavy (non-hydrogen) atoms. The molecule has 0 amide bonds. The number of benzene rings is 1. The summed E-state index contributed by atoms with van der Waals surface area (Å²) in [5, 5.41) is 0. The van der Waals surface area contributed by atoms with Crippen LogP contribution in [0.5, 0.6) is 0 Å². The molecule has 0 atom stereocenters. The maximum absolute atomic E-state index is 2.29. The van der Waals surface area contributed by atoms with Crippen LogP contribution in [0.1, 0.15) is 82.3 Å². The molecule has 0 bridgehead atoms. The van der Waals surface area contributed by atoms with Gasteiger partial charge in [0.2, 0.25) is 0 Å². The van der Waals surface area contributed by atoms with Crippen LogP contribution in [0.3, 0.4) is 0 Å². The van der Waals surface area contributed by atoms with E-state index in [-0.39, 0.29) is 0 Å². The van der Waals surface area contributed by atoms with Gasteiger partial charge < -0.3 is 0 Å². The highest BCUT2D eigenvalue weighted by atomic mass is 14.9. The van der Waals surface area contributed by atoms with Crippen molar-refractivity contribution in [2.45, 2.75) is 84.1 Å². The lowest BCUT2D eigenvalue weighted by molar-refractivity contribution is -0.688. The number of nitrogens with zero attached hydrogens (tertiary/aromatic N) is 1. The minimum absolute atomic E-state index is 0.958. The maximum atomic E-state index is 2.29. The van der Waals surface area contributed by atoms with Crippen LogP contribution in [0.25, 0.3) is 0 Å². The summed E-state index contributed by atoms with van der Waals surface area (Å²) in [6, 6.07) is 15.2. The van der Waals surface area contributed by atoms with Crippen LogP contribution in [0.15, 0.2) is 54.9 Å². The molecule has 0 spiro atoms. The van der Waals surface area contributed by atoms with Crippen molar-refractivity contribution >= 4 is 0 Å². The molecule has 136 valence electrons. The lowest BCUT2D eigenvalue weighted by Gasteiger charge is -2.03. The Bertz CT molecular complexity index is 544. The van der Waals surface area contributed by atoms with Crippen molar-refractivity contribution in [2.75, 3.05) is 0 Å². The first-order valence-electron chi connectivity index (χ1n) is 10.4. The minimum atomic E-state index is 0.958. The van der Waals surface area contributed by atoms with Gasteiger partial charge in [-0.05, 0) is 18.4 Å². The molecule has 1 aromatic carbocycles. The number of rotatable bonds is 13. The third kappa shape index (κ3) is 8.86. The van der Waals surface area contributed by atoms with E-state index in [0.717, 1.165) is 6.54 Å². The topological polar surface area (TPSA) is 3.88 Å². The van der Waals surface area contributed by atoms with Gasteiger partial charge in [-0.1, -0.05) is 95.0 Å². The summed E-state index contributed by atoms with van der Waals surface area (Å²) < 4.78 is 2.26. The van der Waals surface area contributed by atoms with E-state index in [9.17, 15) is 0 Å². The first-order chi connectivity index (χ1) is 12.4. The zero-order valence-electron chi connectivity index (χ0n) is 16.1. The second kappa shape index (κ2) is 12.7. The molecule has 0 fully saturated rings. The van der Waals surface area contributed by atoms with E-state index in [1.54, 1.807) is 0 Å². The SMILES string of the molecule is CCCCCCCCCCCCc1cc[n+](Cc2ccccc2)cc1. The van der Waals surface area contributed by atoms with Crippen molar-refractivity contribution < 1.29 is 4.57 Å². The largest absolute Gasteiger partial charge is 0.201 e. The molecule has 0 saturated heterocycles. The Morgan fingerprint density at radius 3 is 1.76 bits per heavy atom. The Labute approximate surface area is 155 Å². The third-order valence-electron chi connectivity index (χ3n) is 4.99. The van der Waals surface area contributed by atoms with E-state index in [1.807, 2.05) is 0 Å². The zero-order valence-corrected chi connectivity index (χ0v) is 16.1. The van der Waals surface area contributed by atoms with Crippen LogP contribution in [-0.4, -0.2) is 0 Å². The molecule has 0 aliphatic rings. The van der Waals surface area contributed by atoms with Gasteiger partial charge in [0.25, 0.3) is 0 Å². The van der Waals surface area contributed by atoms with Gasteiger partial charge in [0.1, 0.15) is 0 Å². The second-order valence-corrected chi connectivity index (χ2v) is 7.30. The molecule has 0 aliphatic heterocycles. The molecule has 0 radical (unpaired) electrons. The average Bonchev–Trinajstić information content (AvgIpc) is 2.65. The Balaban J connectivity index is 1.53. The van der Waals surface area contributed by atoms with Crippen molar-refractivity contribution in [2.24, 2.45) is 0 Å². The van der Waals surface area contributed by atoms with Gasteiger partial charge in [-0.2, -0.15) is 0 Å². The summed E-state index contributed by atoms with van der Waals surface area (Å²) >= 11 is 0. The van der Waals surface area contributed by atoms with E-state index >= 15 is 0 Å². The van der Waals surface area contributed by atoms with Gasteiger partial charge >= 0.3 is 0 Å². The van der Waals surface area contributed by atoms with Gasteiger partial charge in [0, 0.05) is 17.7 Å². The second-order valence-electron chi connectivity index (χ2n) is 7.30. The number of hydrogen-bond donors (Lipinski definition) is 0. The fraction of sp³-hybridized carbons (Fsp3) is 0.542. The first-order valence-corrected chi connectivity index (χ1v) is 10.4. The molecule has 1 heterocycles. The van der Waals surface area contributed by atoms with Gasteiger partial charge in [0.15, 0.2) is 18.9 Å². The monoisotopic (exact) mass is 338 g/mol. The summed E-state index contributed by atoms with van der Waals surface area (Å²) in [7, 11) is 0. The van der Waals surface area contributed by atoms with E-state index in [2.05, 4.69) is 66.3 Å². The number of aromatic nitrogens is 1. The fourth-order valence-electron chi connectivity index (χ4n) is 3.37. The normalized spacial score (nSPS) is 10.9. The van der Waals surface area contributed by atoms with Gasteiger partial charge in [0.05, 0.1) is 0 Å². The quantitative estimate of drug-likeness (QED) is 0.290. The lowest BCUT2D eigenvalue weighted by Crippen LogP contribution is -2.33. The highest BCUT2D eigenvalue weighted by Crippen LogP contribution is 2.12. The maximum Gasteiger partial charge on any atom is 0.173 e. The predicted octanol–water partition coefficient (Wildman–Crippen LogP) is 6.49. The van der Waals surface area contributed by atoms with E-state index in [0.29, 0.717) is 0 Å². The van der Waals surface area contributed by atoms with Crippen molar-refractivity contribution in [3.63, 3.8) is 0 Å². The van der Waals surface area contributed by atoms with Crippen molar-refractivity contribution in [3.05, 3.63) is 66.0 Å². The van der Waals surface area contributed by atoms with Crippen molar-refractivity contribution in [1.29, 1.82) is 0 Å². The third-order valence-corrected chi connectivity index (χ3v) is 4.99. The summed E-state index contributed by atoms with van der Waals surface area (Å²) in [6.07, 6.45) is 19.8. The van der Waals surface area contributed by atoms with Crippen molar-refractivity contribution in [3.8, 4) is 0 Å². The molecule has 0 aliphatic carbocycles. The lowest BCUT2D eigenvalue weighted by atomic mass is 10.0. The molecular formula is C24H36N+. The van der Waals surface area contributed by atoms with Gasteiger partial charge in [-0.3, -0.25) is 0 Å². The van der Waals surface area contributed by atoms with Crippen LogP contribution in [0.2, 0.25) is 0 Å². The van der Waals surface area contributed by atoms with E-state index < -0.39 is 0 Å². The molecule has 2 rings (SSSR count). The number of hydrogen-bond acceptors (Lipinski definition) is 0. The highest BCUT2D eigenvalue weighted by Gasteiger charge is 2.02. The summed E-state index contributed by atoms with van der Waals surface area (Å²) in [5.41, 5.74) is 2.83. The smallest absolute Gasteiger partial charge is 0.173 e. The molecule has 0 unspecified atom stereocenters. The molecule has 1 nitrogen and oxygen atoms in total. The standard InChI is InChI=1S/C24H36N/c1-2-3-4-5-6-7-8-9-10-12-15-23-18-20-25(21-19-23)22-24-16-13-11-14-17-24/h11,13-14,16-21H,2-10,12,15,22H2,1H3/q+1. The summed E-state index contributed by atoms with van der Waals surface area (Å²) in [6.45, 7) is 3.24. The van der Waals surface area contributed by atoms with Crippen LogP contribution >= 0.6 is 0 Å². The number of unbranched alkanes of at least 4 members (excludes halogenated alkanes) is 9. The first kappa shape index (κ1) is 19.7. The molecule has 0 saturated carbocycles. The molecule has 1 aromatic heterocycles. The Hall–Kier alpha value is -1.63. The molecule has 1 heteroatoms. The Morgan fingerprint density at radius 2 is 1.16 bits per heavy atom. The van der Waals surface area contributed by atoms with Crippen LogP contribution in [-0.2, 0) is 13.0 Å². The number of pyridine rings is 1. The molecular weight excluding hydrogens is 302 g/mol. The number of aryl methyl sites for hydroxylation is 1. The van der Waals surface area contributed by atoms with E-state index in [4.69, 9.17) is 0 Å². The molecule has 0 N–H and O–H groups in total. The van der Waals surface area contributed by atoms with Crippen LogP contribution in [0, 0.1) is 0 Å². The highest BCUT2D eigenvalue weighted by molar-refractivity contribution is 5.13. The average molecular weight is 339 g/mol. The van der Waals surface area contributed by atoms with Gasteiger partial charge in [-0.15, -0.1) is 0 Å².